The quantitative estimate of drug-likeness (QED) is 0.606. The van der Waals surface area contributed by atoms with Gasteiger partial charge in [0.1, 0.15) is 11.5 Å². The predicted molar refractivity (Wildman–Crippen MR) is 123 cm³/mol. The minimum atomic E-state index is -0.194. The molecule has 0 atom stereocenters. The second-order valence-electron chi connectivity index (χ2n) is 8.01. The lowest BCUT2D eigenvalue weighted by atomic mass is 10.1. The molecule has 170 valence electrons. The maximum atomic E-state index is 12.8. The van der Waals surface area contributed by atoms with Gasteiger partial charge in [-0.15, -0.1) is 0 Å². The first kappa shape index (κ1) is 23.3. The van der Waals surface area contributed by atoms with Crippen molar-refractivity contribution in [2.75, 3.05) is 31.2 Å². The van der Waals surface area contributed by atoms with Gasteiger partial charge in [0.15, 0.2) is 19.0 Å². The summed E-state index contributed by atoms with van der Waals surface area (Å²) in [6.07, 6.45) is 0.847. The number of hydrogen-bond acceptors (Lipinski definition) is 5. The molecule has 1 heterocycles. The van der Waals surface area contributed by atoms with E-state index < -0.39 is 0 Å². The van der Waals surface area contributed by atoms with Crippen molar-refractivity contribution < 1.29 is 23.9 Å². The summed E-state index contributed by atoms with van der Waals surface area (Å²) in [6.45, 7) is 8.60. The summed E-state index contributed by atoms with van der Waals surface area (Å²) >= 11 is 0. The Kier molecular flexibility index (Phi) is 7.51. The van der Waals surface area contributed by atoms with Crippen molar-refractivity contribution in [2.24, 2.45) is 0 Å². The van der Waals surface area contributed by atoms with Gasteiger partial charge in [-0.1, -0.05) is 17.7 Å². The van der Waals surface area contributed by atoms with Crippen molar-refractivity contribution in [1.29, 1.82) is 0 Å². The highest BCUT2D eigenvalue weighted by atomic mass is 16.5. The molecular weight excluding hydrogens is 408 g/mol. The van der Waals surface area contributed by atoms with Crippen molar-refractivity contribution in [3.63, 3.8) is 0 Å². The number of amides is 2. The number of nitrogens with zero attached hydrogens (tertiary/aromatic N) is 1. The summed E-state index contributed by atoms with van der Waals surface area (Å²) < 4.78 is 11.4. The number of nitrogens with one attached hydrogen (secondary N) is 1. The maximum absolute atomic E-state index is 12.8. The van der Waals surface area contributed by atoms with Gasteiger partial charge in [0.25, 0.3) is 5.91 Å². The number of ketones is 1. The molecule has 1 aliphatic rings. The molecule has 0 spiro atoms. The second-order valence-corrected chi connectivity index (χ2v) is 8.01. The van der Waals surface area contributed by atoms with Gasteiger partial charge in [-0.05, 0) is 63.4 Å². The summed E-state index contributed by atoms with van der Waals surface area (Å²) in [6, 6.07) is 9.09. The monoisotopic (exact) mass is 438 g/mol. The average Bonchev–Trinajstić information content (AvgIpc) is 2.74. The Hall–Kier alpha value is -3.35. The molecule has 3 rings (SSSR count). The van der Waals surface area contributed by atoms with Crippen LogP contribution in [0.1, 0.15) is 46.8 Å². The molecule has 0 saturated carbocycles. The lowest BCUT2D eigenvalue weighted by Gasteiger charge is -2.29. The number of ether oxygens (including phenoxy) is 2. The van der Waals surface area contributed by atoms with Crippen LogP contribution in [0.3, 0.4) is 0 Å². The van der Waals surface area contributed by atoms with Crippen molar-refractivity contribution in [1.82, 2.24) is 5.32 Å². The van der Waals surface area contributed by atoms with E-state index in [1.165, 1.54) is 0 Å². The smallest absolute Gasteiger partial charge is 0.265 e. The number of benzene rings is 2. The molecule has 1 aliphatic heterocycles. The highest BCUT2D eigenvalue weighted by Gasteiger charge is 2.26. The highest BCUT2D eigenvalue weighted by molar-refractivity contribution is 6.02. The third-order valence-corrected chi connectivity index (χ3v) is 5.34. The van der Waals surface area contributed by atoms with Gasteiger partial charge in [-0.3, -0.25) is 14.4 Å². The topological polar surface area (TPSA) is 84.9 Å². The van der Waals surface area contributed by atoms with Gasteiger partial charge in [0.2, 0.25) is 5.91 Å². The van der Waals surface area contributed by atoms with Crippen molar-refractivity contribution >= 4 is 23.3 Å². The van der Waals surface area contributed by atoms with Crippen LogP contribution in [-0.4, -0.2) is 43.9 Å². The van der Waals surface area contributed by atoms with E-state index in [1.54, 1.807) is 23.1 Å². The summed E-state index contributed by atoms with van der Waals surface area (Å²) in [5.74, 6) is 0.835. The first-order valence-electron chi connectivity index (χ1n) is 10.9. The minimum Gasteiger partial charge on any atom is -0.485 e. The first-order valence-corrected chi connectivity index (χ1v) is 10.9. The zero-order chi connectivity index (χ0) is 23.3. The number of Topliss-reactive ketones (excluding diaryl/α,β-unsaturated/α-hetero) is 1. The van der Waals surface area contributed by atoms with Crippen molar-refractivity contribution in [3.05, 3.63) is 52.6 Å². The van der Waals surface area contributed by atoms with Crippen LogP contribution in [0.4, 0.5) is 5.69 Å². The summed E-state index contributed by atoms with van der Waals surface area (Å²) in [5, 5.41) is 2.75. The van der Waals surface area contributed by atoms with Crippen LogP contribution in [0.25, 0.3) is 0 Å². The van der Waals surface area contributed by atoms with E-state index in [0.29, 0.717) is 48.7 Å². The van der Waals surface area contributed by atoms with E-state index in [9.17, 15) is 14.4 Å². The van der Waals surface area contributed by atoms with Gasteiger partial charge >= 0.3 is 0 Å². The van der Waals surface area contributed by atoms with Gasteiger partial charge in [0.05, 0.1) is 5.69 Å². The molecule has 0 fully saturated rings. The largest absolute Gasteiger partial charge is 0.485 e. The van der Waals surface area contributed by atoms with Crippen LogP contribution in [0, 0.1) is 20.8 Å². The van der Waals surface area contributed by atoms with Crippen LogP contribution in [0.15, 0.2) is 30.3 Å². The Morgan fingerprint density at radius 3 is 2.53 bits per heavy atom. The van der Waals surface area contributed by atoms with Crippen LogP contribution in [0.5, 0.6) is 11.5 Å². The van der Waals surface area contributed by atoms with Gasteiger partial charge in [-0.2, -0.15) is 0 Å². The fourth-order valence-electron chi connectivity index (χ4n) is 3.92. The third-order valence-electron chi connectivity index (χ3n) is 5.34. The minimum absolute atomic E-state index is 0.0452. The SMILES string of the molecule is CCNC(=O)CCCN1C(=O)COc2ccc(C(=O)COc3c(C)cc(C)cc3C)cc21. The fourth-order valence-corrected chi connectivity index (χ4v) is 3.92. The second kappa shape index (κ2) is 10.3. The molecule has 2 aromatic rings. The Morgan fingerprint density at radius 2 is 1.84 bits per heavy atom. The molecule has 0 radical (unpaired) electrons. The zero-order valence-corrected chi connectivity index (χ0v) is 19.1. The number of fused-ring (bicyclic) bond motifs is 1. The molecule has 2 amide bonds. The Labute approximate surface area is 188 Å². The predicted octanol–water partition coefficient (Wildman–Crippen LogP) is 3.52. The number of carbonyl (C=O) groups is 3. The summed E-state index contributed by atoms with van der Waals surface area (Å²) in [7, 11) is 0. The molecule has 7 heteroatoms. The maximum Gasteiger partial charge on any atom is 0.265 e. The van der Waals surface area contributed by atoms with Gasteiger partial charge in [-0.25, -0.2) is 0 Å². The number of carbonyl (C=O) groups excluding carboxylic acids is 3. The van der Waals surface area contributed by atoms with Crippen LogP contribution < -0.4 is 19.7 Å². The molecule has 0 bridgehead atoms. The van der Waals surface area contributed by atoms with E-state index in [1.807, 2.05) is 39.8 Å². The van der Waals surface area contributed by atoms with E-state index in [-0.39, 0.29) is 30.8 Å². The molecule has 0 aliphatic carbocycles. The lowest BCUT2D eigenvalue weighted by Crippen LogP contribution is -2.40. The Morgan fingerprint density at radius 1 is 1.12 bits per heavy atom. The molecule has 1 N–H and O–H groups in total. The standard InChI is InChI=1S/C25H30N2O5/c1-5-26-23(29)7-6-10-27-20-13-19(8-9-22(20)31-15-24(27)30)21(28)14-32-25-17(3)11-16(2)12-18(25)4/h8-9,11-13H,5-7,10,14-15H2,1-4H3,(H,26,29). The molecule has 2 aromatic carbocycles. The van der Waals surface area contributed by atoms with Crippen LogP contribution in [-0.2, 0) is 9.59 Å². The highest BCUT2D eigenvalue weighted by Crippen LogP contribution is 2.33. The van der Waals surface area contributed by atoms with Crippen molar-refractivity contribution in [3.8, 4) is 11.5 Å². The summed E-state index contributed by atoms with van der Waals surface area (Å²) in [4.78, 5) is 38.6. The van der Waals surface area contributed by atoms with E-state index >= 15 is 0 Å². The zero-order valence-electron chi connectivity index (χ0n) is 19.1. The van der Waals surface area contributed by atoms with Crippen LogP contribution >= 0.6 is 0 Å². The molecule has 0 saturated heterocycles. The first-order chi connectivity index (χ1) is 15.3. The number of aryl methyl sites for hydroxylation is 3. The van der Waals surface area contributed by atoms with Crippen LogP contribution in [0.2, 0.25) is 0 Å². The Balaban J connectivity index is 1.71. The van der Waals surface area contributed by atoms with Gasteiger partial charge < -0.3 is 19.7 Å². The van der Waals surface area contributed by atoms with Gasteiger partial charge in [0, 0.05) is 25.1 Å². The third kappa shape index (κ3) is 5.46. The lowest BCUT2D eigenvalue weighted by molar-refractivity contribution is -0.122. The van der Waals surface area contributed by atoms with Crippen molar-refractivity contribution in [2.45, 2.75) is 40.5 Å². The molecule has 32 heavy (non-hydrogen) atoms. The van der Waals surface area contributed by atoms with E-state index in [2.05, 4.69) is 5.32 Å². The average molecular weight is 439 g/mol. The number of rotatable bonds is 9. The molecule has 0 unspecified atom stereocenters. The molecular formula is C25H30N2O5. The molecule has 7 nitrogen and oxygen atoms in total. The number of anilines is 1. The van der Waals surface area contributed by atoms with E-state index in [0.717, 1.165) is 16.7 Å². The summed E-state index contributed by atoms with van der Waals surface area (Å²) in [5.41, 5.74) is 4.10. The number of hydrogen-bond donors (Lipinski definition) is 1. The van der Waals surface area contributed by atoms with E-state index in [4.69, 9.17) is 9.47 Å². The fraction of sp³-hybridized carbons (Fsp3) is 0.400. The molecule has 0 aromatic heterocycles. The Bertz CT molecular complexity index is 1010. The normalized spacial score (nSPS) is 12.8.